The van der Waals surface area contributed by atoms with Gasteiger partial charge in [-0.15, -0.1) is 0 Å². The van der Waals surface area contributed by atoms with E-state index < -0.39 is 6.04 Å². The summed E-state index contributed by atoms with van der Waals surface area (Å²) in [6, 6.07) is 22.7. The number of amides is 2. The number of carbonyl (C=O) groups excluding carboxylic acids is 3. The van der Waals surface area contributed by atoms with Crippen LogP contribution in [0.3, 0.4) is 0 Å². The van der Waals surface area contributed by atoms with Crippen LogP contribution in [0.4, 0.5) is 5.69 Å². The minimum atomic E-state index is -0.404. The molecule has 2 amide bonds. The molecule has 0 radical (unpaired) electrons. The van der Waals surface area contributed by atoms with Crippen LogP contribution in [-0.4, -0.2) is 35.1 Å². The van der Waals surface area contributed by atoms with Crippen molar-refractivity contribution in [1.29, 1.82) is 0 Å². The SMILES string of the molecule is CC(=O)Nc1ccc(-c2oc3ccc(CC(=O)[C@@H]4CCCN4C(=O)[C@@H](c4ccccc4)C(C)C)cc3c2Br)cc1. The molecule has 1 N–H and O–H groups in total. The van der Waals surface area contributed by atoms with E-state index in [2.05, 4.69) is 35.1 Å². The summed E-state index contributed by atoms with van der Waals surface area (Å²) in [6.07, 6.45) is 1.78. The van der Waals surface area contributed by atoms with Gasteiger partial charge in [0.25, 0.3) is 0 Å². The predicted octanol–water partition coefficient (Wildman–Crippen LogP) is 7.36. The highest BCUT2D eigenvalue weighted by molar-refractivity contribution is 9.10. The first-order chi connectivity index (χ1) is 19.2. The van der Waals surface area contributed by atoms with Crippen molar-refractivity contribution in [3.05, 3.63) is 88.4 Å². The summed E-state index contributed by atoms with van der Waals surface area (Å²) in [4.78, 5) is 40.4. The second-order valence-electron chi connectivity index (χ2n) is 10.8. The zero-order valence-corrected chi connectivity index (χ0v) is 24.5. The number of Topliss-reactive ketones (excluding diaryl/α,β-unsaturated/α-hetero) is 1. The molecule has 1 aliphatic rings. The number of fused-ring (bicyclic) bond motifs is 1. The third-order valence-corrected chi connectivity index (χ3v) is 8.32. The Kier molecular flexibility index (Phi) is 8.22. The fourth-order valence-corrected chi connectivity index (χ4v) is 6.27. The molecule has 5 rings (SSSR count). The van der Waals surface area contributed by atoms with Crippen molar-refractivity contribution in [2.45, 2.75) is 52.0 Å². The Bertz CT molecular complexity index is 1540. The molecule has 2 heterocycles. The van der Waals surface area contributed by atoms with E-state index in [0.717, 1.165) is 33.0 Å². The molecule has 0 unspecified atom stereocenters. The molecule has 6 nitrogen and oxygen atoms in total. The Hall–Kier alpha value is -3.71. The largest absolute Gasteiger partial charge is 0.455 e. The van der Waals surface area contributed by atoms with Gasteiger partial charge in [0.15, 0.2) is 5.78 Å². The maximum Gasteiger partial charge on any atom is 0.230 e. The number of ketones is 1. The van der Waals surface area contributed by atoms with Crippen molar-refractivity contribution >= 4 is 50.2 Å². The van der Waals surface area contributed by atoms with Gasteiger partial charge in [-0.2, -0.15) is 0 Å². The lowest BCUT2D eigenvalue weighted by Gasteiger charge is -2.30. The van der Waals surface area contributed by atoms with Crippen molar-refractivity contribution in [3.8, 4) is 11.3 Å². The predicted molar refractivity (Wildman–Crippen MR) is 161 cm³/mol. The summed E-state index contributed by atoms with van der Waals surface area (Å²) in [5.41, 5.74) is 4.18. The van der Waals surface area contributed by atoms with Crippen LogP contribution in [0.1, 0.15) is 50.7 Å². The molecule has 0 bridgehead atoms. The molecule has 7 heteroatoms. The minimum absolute atomic E-state index is 0.0410. The summed E-state index contributed by atoms with van der Waals surface area (Å²) >= 11 is 3.69. The van der Waals surface area contributed by atoms with Crippen LogP contribution in [0.25, 0.3) is 22.3 Å². The molecule has 4 aromatic rings. The first-order valence-electron chi connectivity index (χ1n) is 13.7. The molecule has 40 heavy (non-hydrogen) atoms. The van der Waals surface area contributed by atoms with Crippen LogP contribution in [-0.2, 0) is 20.8 Å². The van der Waals surface area contributed by atoms with Crippen molar-refractivity contribution in [2.24, 2.45) is 5.92 Å². The number of halogens is 1. The lowest BCUT2D eigenvalue weighted by Crippen LogP contribution is -2.44. The molecule has 0 spiro atoms. The Balaban J connectivity index is 1.34. The van der Waals surface area contributed by atoms with E-state index in [1.807, 2.05) is 77.7 Å². The molecular formula is C33H33BrN2O4. The molecule has 0 aliphatic carbocycles. The van der Waals surface area contributed by atoms with E-state index in [1.54, 1.807) is 0 Å². The number of nitrogens with zero attached hydrogens (tertiary/aromatic N) is 1. The van der Waals surface area contributed by atoms with E-state index in [-0.39, 0.29) is 35.9 Å². The van der Waals surface area contributed by atoms with Crippen molar-refractivity contribution in [1.82, 2.24) is 4.90 Å². The number of furan rings is 1. The van der Waals surface area contributed by atoms with Gasteiger partial charge in [0.05, 0.1) is 16.4 Å². The maximum atomic E-state index is 13.7. The van der Waals surface area contributed by atoms with E-state index >= 15 is 0 Å². The van der Waals surface area contributed by atoms with Gasteiger partial charge in [-0.05, 0) is 82.2 Å². The lowest BCUT2D eigenvalue weighted by molar-refractivity contribution is -0.139. The van der Waals surface area contributed by atoms with E-state index in [9.17, 15) is 14.4 Å². The van der Waals surface area contributed by atoms with Crippen molar-refractivity contribution < 1.29 is 18.8 Å². The molecule has 1 aromatic heterocycles. The average Bonchev–Trinajstić information content (AvgIpc) is 3.55. The molecule has 3 aromatic carbocycles. The third-order valence-electron chi connectivity index (χ3n) is 7.54. The van der Waals surface area contributed by atoms with Crippen LogP contribution in [0.5, 0.6) is 0 Å². The Morgan fingerprint density at radius 1 is 1.02 bits per heavy atom. The normalized spacial score (nSPS) is 15.9. The van der Waals surface area contributed by atoms with Crippen LogP contribution < -0.4 is 5.32 Å². The van der Waals surface area contributed by atoms with Gasteiger partial charge in [-0.1, -0.05) is 50.2 Å². The second-order valence-corrected chi connectivity index (χ2v) is 11.6. The maximum absolute atomic E-state index is 13.7. The molecular weight excluding hydrogens is 568 g/mol. The highest BCUT2D eigenvalue weighted by atomic mass is 79.9. The topological polar surface area (TPSA) is 79.6 Å². The highest BCUT2D eigenvalue weighted by Crippen LogP contribution is 2.39. The fourth-order valence-electron chi connectivity index (χ4n) is 5.65. The first-order valence-corrected chi connectivity index (χ1v) is 14.5. The average molecular weight is 602 g/mol. The van der Waals surface area contributed by atoms with Crippen molar-refractivity contribution in [2.75, 3.05) is 11.9 Å². The number of carbonyl (C=O) groups is 3. The quantitative estimate of drug-likeness (QED) is 0.229. The monoisotopic (exact) mass is 600 g/mol. The van der Waals surface area contributed by atoms with Gasteiger partial charge in [0.1, 0.15) is 11.3 Å². The summed E-state index contributed by atoms with van der Waals surface area (Å²) in [5, 5.41) is 3.65. The Morgan fingerprint density at radius 3 is 2.42 bits per heavy atom. The summed E-state index contributed by atoms with van der Waals surface area (Å²) in [6.45, 7) is 6.21. The van der Waals surface area contributed by atoms with Gasteiger partial charge in [-0.25, -0.2) is 0 Å². The Labute approximate surface area is 242 Å². The van der Waals surface area contributed by atoms with Gasteiger partial charge in [0, 0.05) is 36.5 Å². The van der Waals surface area contributed by atoms with E-state index in [0.29, 0.717) is 30.0 Å². The molecule has 1 aliphatic heterocycles. The lowest BCUT2D eigenvalue weighted by atomic mass is 9.86. The van der Waals surface area contributed by atoms with Crippen LogP contribution in [0, 0.1) is 5.92 Å². The number of hydrogen-bond donors (Lipinski definition) is 1. The molecule has 0 saturated carbocycles. The van der Waals surface area contributed by atoms with Crippen LogP contribution in [0.2, 0.25) is 0 Å². The molecule has 2 atom stereocenters. The number of anilines is 1. The zero-order chi connectivity index (χ0) is 28.4. The van der Waals surface area contributed by atoms with Crippen LogP contribution >= 0.6 is 15.9 Å². The summed E-state index contributed by atoms with van der Waals surface area (Å²) < 4.78 is 6.94. The van der Waals surface area contributed by atoms with Crippen LogP contribution in [0.15, 0.2) is 81.7 Å². The summed E-state index contributed by atoms with van der Waals surface area (Å²) in [7, 11) is 0. The van der Waals surface area contributed by atoms with Gasteiger partial charge in [-0.3, -0.25) is 14.4 Å². The fraction of sp³-hybridized carbons (Fsp3) is 0.303. The van der Waals surface area contributed by atoms with E-state index in [4.69, 9.17) is 4.42 Å². The highest BCUT2D eigenvalue weighted by Gasteiger charge is 2.38. The first kappa shape index (κ1) is 27.8. The standard InChI is InChI=1S/C33H33BrN2O4/c1-20(2)30(23-8-5-4-6-9-23)33(39)36-17-7-10-27(36)28(38)19-22-11-16-29-26(18-22)31(34)32(40-29)24-12-14-25(15-13-24)35-21(3)37/h4-6,8-9,11-16,18,20,27,30H,7,10,17,19H2,1-3H3,(H,35,37)/t27-,30+/m0/s1. The third kappa shape index (κ3) is 5.75. The Morgan fingerprint density at radius 2 is 1.75 bits per heavy atom. The molecule has 1 fully saturated rings. The smallest absolute Gasteiger partial charge is 0.230 e. The second kappa shape index (κ2) is 11.8. The zero-order valence-electron chi connectivity index (χ0n) is 22.9. The number of nitrogens with one attached hydrogen (secondary N) is 1. The number of hydrogen-bond acceptors (Lipinski definition) is 4. The van der Waals surface area contributed by atoms with Gasteiger partial charge < -0.3 is 14.6 Å². The molecule has 206 valence electrons. The molecule has 1 saturated heterocycles. The number of likely N-dealkylation sites (tertiary alicyclic amines) is 1. The van der Waals surface area contributed by atoms with Gasteiger partial charge >= 0.3 is 0 Å². The number of benzene rings is 3. The summed E-state index contributed by atoms with van der Waals surface area (Å²) in [5.74, 6) is 0.525. The van der Waals surface area contributed by atoms with Gasteiger partial charge in [0.2, 0.25) is 11.8 Å². The number of rotatable bonds is 8. The van der Waals surface area contributed by atoms with E-state index in [1.165, 1.54) is 6.92 Å². The minimum Gasteiger partial charge on any atom is -0.455 e. The van der Waals surface area contributed by atoms with Crippen molar-refractivity contribution in [3.63, 3.8) is 0 Å².